The summed E-state index contributed by atoms with van der Waals surface area (Å²) in [6.45, 7) is 5.00. The van der Waals surface area contributed by atoms with Crippen LogP contribution in [0.3, 0.4) is 0 Å². The van der Waals surface area contributed by atoms with Gasteiger partial charge >= 0.3 is 0 Å². The average molecular weight is 170 g/mol. The van der Waals surface area contributed by atoms with E-state index in [1.54, 1.807) is 6.08 Å². The molecular weight excluding hydrogens is 156 g/mol. The van der Waals surface area contributed by atoms with Crippen molar-refractivity contribution in [3.63, 3.8) is 0 Å². The number of hydrogen-bond donors (Lipinski definition) is 2. The van der Waals surface area contributed by atoms with Gasteiger partial charge < -0.3 is 11.1 Å². The lowest BCUT2D eigenvalue weighted by Gasteiger charge is -2.09. The Bertz CT molecular complexity index is 217. The molecule has 0 heterocycles. The standard InChI is InChI=1S/C8H14N2O2/c1-5(2)4-7(8(9)12)10-6(3)11/h4,7H,1-3H3,(H2,9,12)(H,10,11)/t7-/m0/s1. The molecule has 0 fully saturated rings. The van der Waals surface area contributed by atoms with Crippen LogP contribution in [0.1, 0.15) is 20.8 Å². The highest BCUT2D eigenvalue weighted by molar-refractivity contribution is 5.87. The van der Waals surface area contributed by atoms with Crippen LogP contribution in [0.25, 0.3) is 0 Å². The Labute approximate surface area is 71.8 Å². The number of carbonyl (C=O) groups is 2. The minimum atomic E-state index is -0.688. The predicted octanol–water partition coefficient (Wildman–Crippen LogP) is -0.0574. The third kappa shape index (κ3) is 4.49. The summed E-state index contributed by atoms with van der Waals surface area (Å²) in [5.74, 6) is -0.817. The van der Waals surface area contributed by atoms with Gasteiger partial charge in [0.2, 0.25) is 11.8 Å². The van der Waals surface area contributed by atoms with Gasteiger partial charge in [-0.3, -0.25) is 9.59 Å². The van der Waals surface area contributed by atoms with Gasteiger partial charge in [0.15, 0.2) is 0 Å². The Morgan fingerprint density at radius 1 is 1.33 bits per heavy atom. The molecule has 0 aliphatic heterocycles. The number of hydrogen-bond acceptors (Lipinski definition) is 2. The van der Waals surface area contributed by atoms with Gasteiger partial charge in [-0.25, -0.2) is 0 Å². The summed E-state index contributed by atoms with van der Waals surface area (Å²) in [7, 11) is 0. The first-order chi connectivity index (χ1) is 5.43. The van der Waals surface area contributed by atoms with Crippen LogP contribution in [0.15, 0.2) is 11.6 Å². The van der Waals surface area contributed by atoms with Crippen molar-refractivity contribution in [2.45, 2.75) is 26.8 Å². The summed E-state index contributed by atoms with van der Waals surface area (Å²) in [6, 6.07) is -0.688. The molecule has 0 aliphatic carbocycles. The van der Waals surface area contributed by atoms with Gasteiger partial charge in [0, 0.05) is 6.92 Å². The Balaban J connectivity index is 4.35. The summed E-state index contributed by atoms with van der Waals surface area (Å²) < 4.78 is 0. The predicted molar refractivity (Wildman–Crippen MR) is 46.2 cm³/mol. The number of nitrogens with one attached hydrogen (secondary N) is 1. The third-order valence-corrected chi connectivity index (χ3v) is 1.17. The van der Waals surface area contributed by atoms with Crippen LogP contribution in [0.2, 0.25) is 0 Å². The van der Waals surface area contributed by atoms with Crippen molar-refractivity contribution in [1.82, 2.24) is 5.32 Å². The van der Waals surface area contributed by atoms with Crippen LogP contribution in [-0.2, 0) is 9.59 Å². The maximum atomic E-state index is 10.7. The molecule has 12 heavy (non-hydrogen) atoms. The van der Waals surface area contributed by atoms with Gasteiger partial charge in [-0.15, -0.1) is 0 Å². The van der Waals surface area contributed by atoms with Crippen molar-refractivity contribution in [1.29, 1.82) is 0 Å². The molecule has 0 saturated heterocycles. The van der Waals surface area contributed by atoms with Crippen molar-refractivity contribution in [3.05, 3.63) is 11.6 Å². The molecule has 68 valence electrons. The lowest BCUT2D eigenvalue weighted by molar-refractivity contribution is -0.125. The van der Waals surface area contributed by atoms with Crippen molar-refractivity contribution in [3.8, 4) is 0 Å². The fraction of sp³-hybridized carbons (Fsp3) is 0.500. The zero-order chi connectivity index (χ0) is 9.72. The molecule has 3 N–H and O–H groups in total. The number of carbonyl (C=O) groups excluding carboxylic acids is 2. The van der Waals surface area contributed by atoms with Crippen LogP contribution in [-0.4, -0.2) is 17.9 Å². The molecule has 4 heteroatoms. The summed E-state index contributed by atoms with van der Waals surface area (Å²) in [4.78, 5) is 21.3. The molecule has 1 atom stereocenters. The van der Waals surface area contributed by atoms with Gasteiger partial charge in [0.1, 0.15) is 6.04 Å². The summed E-state index contributed by atoms with van der Waals surface area (Å²) in [5.41, 5.74) is 5.97. The average Bonchev–Trinajstić information content (AvgIpc) is 1.83. The first-order valence-corrected chi connectivity index (χ1v) is 3.65. The lowest BCUT2D eigenvalue weighted by Crippen LogP contribution is -2.42. The molecule has 4 nitrogen and oxygen atoms in total. The molecular formula is C8H14N2O2. The van der Waals surface area contributed by atoms with Crippen molar-refractivity contribution < 1.29 is 9.59 Å². The molecule has 0 spiro atoms. The minimum absolute atomic E-state index is 0.267. The number of nitrogens with two attached hydrogens (primary N) is 1. The second kappa shape index (κ2) is 4.54. The van der Waals surface area contributed by atoms with Crippen LogP contribution >= 0.6 is 0 Å². The van der Waals surface area contributed by atoms with E-state index in [4.69, 9.17) is 5.73 Å². The van der Waals surface area contributed by atoms with Crippen LogP contribution in [0.4, 0.5) is 0 Å². The van der Waals surface area contributed by atoms with Gasteiger partial charge in [-0.1, -0.05) is 11.6 Å². The SMILES string of the molecule is CC(=O)N[C@@H](C=C(C)C)C(N)=O. The fourth-order valence-corrected chi connectivity index (χ4v) is 0.747. The summed E-state index contributed by atoms with van der Waals surface area (Å²) in [5, 5.41) is 2.42. The van der Waals surface area contributed by atoms with E-state index in [1.807, 2.05) is 13.8 Å². The van der Waals surface area contributed by atoms with Crippen LogP contribution < -0.4 is 11.1 Å². The van der Waals surface area contributed by atoms with Crippen molar-refractivity contribution >= 4 is 11.8 Å². The Hall–Kier alpha value is -1.32. The van der Waals surface area contributed by atoms with Crippen molar-refractivity contribution in [2.24, 2.45) is 5.73 Å². The minimum Gasteiger partial charge on any atom is -0.368 e. The van der Waals surface area contributed by atoms with E-state index in [9.17, 15) is 9.59 Å². The largest absolute Gasteiger partial charge is 0.368 e. The molecule has 0 aromatic rings. The number of rotatable bonds is 3. The zero-order valence-corrected chi connectivity index (χ0v) is 7.55. The van der Waals surface area contributed by atoms with Crippen LogP contribution in [0.5, 0.6) is 0 Å². The monoisotopic (exact) mass is 170 g/mol. The summed E-state index contributed by atoms with van der Waals surface area (Å²) in [6.07, 6.45) is 1.61. The van der Waals surface area contributed by atoms with E-state index < -0.39 is 11.9 Å². The van der Waals surface area contributed by atoms with E-state index in [-0.39, 0.29) is 5.91 Å². The molecule has 0 bridgehead atoms. The van der Waals surface area contributed by atoms with Gasteiger partial charge in [0.25, 0.3) is 0 Å². The first-order valence-electron chi connectivity index (χ1n) is 3.65. The molecule has 0 rings (SSSR count). The molecule has 0 aromatic heterocycles. The molecule has 0 saturated carbocycles. The lowest BCUT2D eigenvalue weighted by atomic mass is 10.2. The number of allylic oxidation sites excluding steroid dienone is 1. The highest BCUT2D eigenvalue weighted by atomic mass is 16.2. The Morgan fingerprint density at radius 3 is 2.08 bits per heavy atom. The van der Waals surface area contributed by atoms with E-state index in [0.717, 1.165) is 5.57 Å². The molecule has 0 aliphatic rings. The Morgan fingerprint density at radius 2 is 1.83 bits per heavy atom. The molecule has 0 unspecified atom stereocenters. The molecule has 2 amide bonds. The second-order valence-electron chi connectivity index (χ2n) is 2.82. The topological polar surface area (TPSA) is 72.2 Å². The zero-order valence-electron chi connectivity index (χ0n) is 7.55. The second-order valence-corrected chi connectivity index (χ2v) is 2.82. The van der Waals surface area contributed by atoms with E-state index >= 15 is 0 Å². The number of amides is 2. The van der Waals surface area contributed by atoms with E-state index in [2.05, 4.69) is 5.32 Å². The smallest absolute Gasteiger partial charge is 0.244 e. The van der Waals surface area contributed by atoms with E-state index in [1.165, 1.54) is 6.92 Å². The van der Waals surface area contributed by atoms with Gasteiger partial charge in [0.05, 0.1) is 0 Å². The quantitative estimate of drug-likeness (QED) is 0.582. The van der Waals surface area contributed by atoms with Gasteiger partial charge in [-0.2, -0.15) is 0 Å². The van der Waals surface area contributed by atoms with E-state index in [0.29, 0.717) is 0 Å². The number of primary amides is 1. The third-order valence-electron chi connectivity index (χ3n) is 1.17. The maximum absolute atomic E-state index is 10.7. The van der Waals surface area contributed by atoms with Crippen molar-refractivity contribution in [2.75, 3.05) is 0 Å². The highest BCUT2D eigenvalue weighted by Crippen LogP contribution is 1.93. The molecule has 0 aromatic carbocycles. The first kappa shape index (κ1) is 10.7. The highest BCUT2D eigenvalue weighted by Gasteiger charge is 2.11. The Kier molecular flexibility index (Phi) is 4.04. The fourth-order valence-electron chi connectivity index (χ4n) is 0.747. The normalized spacial score (nSPS) is 11.6. The van der Waals surface area contributed by atoms with Crippen LogP contribution in [0, 0.1) is 0 Å². The molecule has 0 radical (unpaired) electrons. The summed E-state index contributed by atoms with van der Waals surface area (Å²) >= 11 is 0. The maximum Gasteiger partial charge on any atom is 0.244 e. The van der Waals surface area contributed by atoms with Gasteiger partial charge in [-0.05, 0) is 13.8 Å².